The van der Waals surface area contributed by atoms with Crippen molar-refractivity contribution in [1.29, 1.82) is 0 Å². The summed E-state index contributed by atoms with van der Waals surface area (Å²) in [5, 5.41) is 1.98. The van der Waals surface area contributed by atoms with Crippen LogP contribution < -0.4 is 9.08 Å². The second-order valence-corrected chi connectivity index (χ2v) is 16.1. The Bertz CT molecular complexity index is 2460. The lowest BCUT2D eigenvalue weighted by Crippen LogP contribution is -2.56. The van der Waals surface area contributed by atoms with E-state index in [1.54, 1.807) is 59.5 Å². The van der Waals surface area contributed by atoms with Crippen molar-refractivity contribution in [2.75, 3.05) is 38.1 Å². The average Bonchev–Trinajstić information content (AvgIpc) is 3.17. The molecule has 4 aromatic carbocycles. The number of hydrogen-bond acceptors (Lipinski definition) is 9. The number of amides is 1. The lowest BCUT2D eigenvalue weighted by molar-refractivity contribution is -0.135. The fourth-order valence-electron chi connectivity index (χ4n) is 6.49. The van der Waals surface area contributed by atoms with Gasteiger partial charge in [-0.15, -0.1) is 0 Å². The first-order valence-electron chi connectivity index (χ1n) is 16.8. The molecule has 266 valence electrons. The van der Waals surface area contributed by atoms with E-state index in [-0.39, 0.29) is 28.1 Å². The van der Waals surface area contributed by atoms with Crippen molar-refractivity contribution in [3.05, 3.63) is 133 Å². The number of likely N-dealkylation sites (N-methyl/N-ethyl adjacent to an activating group) is 1. The largest absolute Gasteiger partial charge is 0.378 e. The predicted molar refractivity (Wildman–Crippen MR) is 200 cm³/mol. The Kier molecular flexibility index (Phi) is 9.66. The zero-order valence-electron chi connectivity index (χ0n) is 28.7. The minimum atomic E-state index is -4.28. The zero-order chi connectivity index (χ0) is 36.5. The molecule has 0 bridgehead atoms. The molecule has 1 fully saturated rings. The highest BCUT2D eigenvalue weighted by atomic mass is 32.2. The van der Waals surface area contributed by atoms with Gasteiger partial charge in [0, 0.05) is 62.1 Å². The molecule has 1 amide bonds. The van der Waals surface area contributed by atoms with Gasteiger partial charge in [0.1, 0.15) is 11.8 Å². The molecule has 2 aromatic heterocycles. The monoisotopic (exact) mass is 735 g/mol. The number of nitrogens with zero attached hydrogens (tertiary/aromatic N) is 5. The van der Waals surface area contributed by atoms with E-state index in [4.69, 9.17) is 4.18 Å². The Morgan fingerprint density at radius 2 is 1.29 bits per heavy atom. The van der Waals surface area contributed by atoms with E-state index in [9.17, 15) is 21.6 Å². The van der Waals surface area contributed by atoms with Gasteiger partial charge in [-0.05, 0) is 66.1 Å². The molecule has 6 aromatic rings. The molecule has 0 aliphatic carbocycles. The van der Waals surface area contributed by atoms with Crippen LogP contribution in [0, 0.1) is 6.92 Å². The highest BCUT2D eigenvalue weighted by molar-refractivity contribution is 7.89. The van der Waals surface area contributed by atoms with E-state index in [1.165, 1.54) is 31.6 Å². The van der Waals surface area contributed by atoms with E-state index in [0.29, 0.717) is 53.3 Å². The van der Waals surface area contributed by atoms with Crippen molar-refractivity contribution < 1.29 is 25.8 Å². The summed E-state index contributed by atoms with van der Waals surface area (Å²) in [7, 11) is -7.13. The van der Waals surface area contributed by atoms with Crippen LogP contribution >= 0.6 is 0 Å². The number of pyridine rings is 2. The quantitative estimate of drug-likeness (QED) is 0.169. The first-order valence-corrected chi connectivity index (χ1v) is 19.7. The summed E-state index contributed by atoms with van der Waals surface area (Å²) in [6, 6.07) is 30.9. The van der Waals surface area contributed by atoms with Gasteiger partial charge in [-0.3, -0.25) is 4.79 Å². The molecule has 0 saturated carbocycles. The Labute approximate surface area is 303 Å². The van der Waals surface area contributed by atoms with Crippen LogP contribution in [0.1, 0.15) is 11.1 Å². The number of benzene rings is 4. The Morgan fingerprint density at radius 1 is 0.731 bits per heavy atom. The summed E-state index contributed by atoms with van der Waals surface area (Å²) < 4.78 is 61.7. The van der Waals surface area contributed by atoms with E-state index >= 15 is 0 Å². The number of carbonyl (C=O) groups excluding carboxylic acids is 1. The number of anilines is 1. The molecule has 52 heavy (non-hydrogen) atoms. The van der Waals surface area contributed by atoms with Crippen LogP contribution in [0.4, 0.5) is 5.69 Å². The van der Waals surface area contributed by atoms with E-state index in [1.807, 2.05) is 25.1 Å². The van der Waals surface area contributed by atoms with Gasteiger partial charge in [-0.25, -0.2) is 18.4 Å². The molecular formula is C39H37N5O6S2. The summed E-state index contributed by atoms with van der Waals surface area (Å²) in [6.45, 7) is 4.04. The summed E-state index contributed by atoms with van der Waals surface area (Å²) in [5.41, 5.74) is 2.84. The van der Waals surface area contributed by atoms with E-state index in [0.717, 1.165) is 15.6 Å². The molecule has 1 aliphatic heterocycles. The molecule has 0 radical (unpaired) electrons. The third-order valence-corrected chi connectivity index (χ3v) is 12.4. The molecule has 11 nitrogen and oxygen atoms in total. The normalized spacial score (nSPS) is 14.5. The van der Waals surface area contributed by atoms with Crippen molar-refractivity contribution in [2.45, 2.75) is 29.4 Å². The molecule has 13 heteroatoms. The smallest absolute Gasteiger partial charge is 0.357 e. The summed E-state index contributed by atoms with van der Waals surface area (Å²) in [4.78, 5) is 26.6. The number of sulfonamides is 1. The minimum absolute atomic E-state index is 0.0232. The molecule has 7 rings (SSSR count). The zero-order valence-corrected chi connectivity index (χ0v) is 30.3. The van der Waals surface area contributed by atoms with Crippen molar-refractivity contribution in [2.24, 2.45) is 0 Å². The van der Waals surface area contributed by atoms with Gasteiger partial charge in [0.05, 0.1) is 0 Å². The fourth-order valence-corrected chi connectivity index (χ4v) is 9.00. The topological polar surface area (TPSA) is 130 Å². The van der Waals surface area contributed by atoms with Gasteiger partial charge >= 0.3 is 10.1 Å². The van der Waals surface area contributed by atoms with Crippen molar-refractivity contribution >= 4 is 53.3 Å². The first kappa shape index (κ1) is 35.1. The van der Waals surface area contributed by atoms with Gasteiger partial charge in [-0.2, -0.15) is 12.7 Å². The van der Waals surface area contributed by atoms with E-state index in [2.05, 4.69) is 39.1 Å². The fraction of sp³-hybridized carbons (Fsp3) is 0.205. The standard InChI is InChI=1S/C39H37N5O6S2/c1-28-11-15-32(16-12-28)43-23-25-44(26-24-43)39(45)36(42(2)51(46,47)37-34-9-5-3-7-30(34)19-21-40-37)27-29-13-17-33(18-14-29)50-52(48,49)38-35-10-6-4-8-31(35)20-22-41-38/h3-22,36H,23-27H2,1-2H3. The highest BCUT2D eigenvalue weighted by Gasteiger charge is 2.38. The maximum absolute atomic E-state index is 14.4. The maximum Gasteiger partial charge on any atom is 0.357 e. The maximum atomic E-state index is 14.4. The molecule has 0 spiro atoms. The van der Waals surface area contributed by atoms with Crippen LogP contribution in [0.15, 0.2) is 132 Å². The average molecular weight is 736 g/mol. The van der Waals surface area contributed by atoms with Crippen LogP contribution in [0.3, 0.4) is 0 Å². The van der Waals surface area contributed by atoms with Crippen LogP contribution in [0.5, 0.6) is 5.75 Å². The van der Waals surface area contributed by atoms with Crippen LogP contribution in [0.25, 0.3) is 21.5 Å². The highest BCUT2D eigenvalue weighted by Crippen LogP contribution is 2.28. The lowest BCUT2D eigenvalue weighted by Gasteiger charge is -2.39. The number of carbonyl (C=O) groups is 1. The SMILES string of the molecule is Cc1ccc(N2CCN(C(=O)C(Cc3ccc(OS(=O)(=O)c4nccc5ccccc45)cc3)N(C)S(=O)(=O)c3nccc4ccccc34)CC2)cc1. The third kappa shape index (κ3) is 7.07. The third-order valence-electron chi connectivity index (χ3n) is 9.41. The second-order valence-electron chi connectivity index (χ2n) is 12.7. The van der Waals surface area contributed by atoms with Gasteiger partial charge < -0.3 is 14.0 Å². The number of piperazine rings is 1. The van der Waals surface area contributed by atoms with Crippen molar-refractivity contribution in [1.82, 2.24) is 19.2 Å². The van der Waals surface area contributed by atoms with E-state index < -0.39 is 26.2 Å². The summed E-state index contributed by atoms with van der Waals surface area (Å²) >= 11 is 0. The van der Waals surface area contributed by atoms with Gasteiger partial charge in [0.25, 0.3) is 10.0 Å². The molecule has 1 saturated heterocycles. The number of rotatable bonds is 10. The van der Waals surface area contributed by atoms with Crippen molar-refractivity contribution in [3.8, 4) is 5.75 Å². The molecule has 3 heterocycles. The van der Waals surface area contributed by atoms with Gasteiger partial charge in [0.2, 0.25) is 10.9 Å². The lowest BCUT2D eigenvalue weighted by atomic mass is 10.0. The Hall–Kier alpha value is -5.37. The molecule has 1 aliphatic rings. The predicted octanol–water partition coefficient (Wildman–Crippen LogP) is 5.44. The summed E-state index contributed by atoms with van der Waals surface area (Å²) in [6.07, 6.45) is 2.89. The van der Waals surface area contributed by atoms with Crippen LogP contribution in [0.2, 0.25) is 0 Å². The van der Waals surface area contributed by atoms with Crippen LogP contribution in [-0.4, -0.2) is 81.2 Å². The number of aryl methyl sites for hydroxylation is 1. The second kappa shape index (κ2) is 14.3. The van der Waals surface area contributed by atoms with Gasteiger partial charge in [-0.1, -0.05) is 78.4 Å². The number of fused-ring (bicyclic) bond motifs is 2. The Balaban J connectivity index is 1.15. The minimum Gasteiger partial charge on any atom is -0.378 e. The summed E-state index contributed by atoms with van der Waals surface area (Å²) in [5.74, 6) is -0.283. The number of hydrogen-bond donors (Lipinski definition) is 0. The first-order chi connectivity index (χ1) is 25.0. The van der Waals surface area contributed by atoms with Crippen molar-refractivity contribution in [3.63, 3.8) is 0 Å². The molecule has 1 unspecified atom stereocenters. The molecular weight excluding hydrogens is 699 g/mol. The van der Waals surface area contributed by atoms with Crippen LogP contribution in [-0.2, 0) is 31.4 Å². The Morgan fingerprint density at radius 3 is 1.90 bits per heavy atom. The van der Waals surface area contributed by atoms with Gasteiger partial charge in [0.15, 0.2) is 5.03 Å². The molecule has 0 N–H and O–H groups in total. The number of aromatic nitrogens is 2. The molecule has 1 atom stereocenters.